The van der Waals surface area contributed by atoms with Crippen molar-refractivity contribution in [2.24, 2.45) is 5.92 Å². The van der Waals surface area contributed by atoms with Crippen molar-refractivity contribution in [3.8, 4) is 0 Å². The molecule has 0 radical (unpaired) electrons. The molecule has 1 heterocycles. The molecule has 4 heteroatoms. The van der Waals surface area contributed by atoms with Gasteiger partial charge in [0.25, 0.3) is 0 Å². The molecule has 0 aliphatic carbocycles. The topological polar surface area (TPSA) is 41.1 Å². The Balaban J connectivity index is 1.77. The molecular formula is C18H24N2OS. The van der Waals surface area contributed by atoms with Gasteiger partial charge in [-0.15, -0.1) is 0 Å². The summed E-state index contributed by atoms with van der Waals surface area (Å²) in [6.07, 6.45) is 1.36. The number of carbonyl (C=O) groups is 1. The van der Waals surface area contributed by atoms with Gasteiger partial charge < -0.3 is 10.6 Å². The number of rotatable bonds is 8. The lowest BCUT2D eigenvalue weighted by atomic mass is 10.0. The molecule has 1 aromatic heterocycles. The Labute approximate surface area is 136 Å². The predicted octanol–water partition coefficient (Wildman–Crippen LogP) is 3.93. The van der Waals surface area contributed by atoms with Crippen LogP contribution in [0.1, 0.15) is 25.8 Å². The normalized spacial score (nSPS) is 12.1. The van der Waals surface area contributed by atoms with Crippen molar-refractivity contribution >= 4 is 22.9 Å². The van der Waals surface area contributed by atoms with Crippen molar-refractivity contribution in [1.82, 2.24) is 5.32 Å². The summed E-state index contributed by atoms with van der Waals surface area (Å²) in [6, 6.07) is 12.4. The number of thiophene rings is 1. The molecule has 0 aliphatic rings. The Morgan fingerprint density at radius 2 is 1.95 bits per heavy atom. The Bertz CT molecular complexity index is 552. The Hall–Kier alpha value is -1.81. The monoisotopic (exact) mass is 316 g/mol. The van der Waals surface area contributed by atoms with E-state index in [1.165, 1.54) is 5.56 Å². The molecule has 1 amide bonds. The van der Waals surface area contributed by atoms with Crippen molar-refractivity contribution in [3.63, 3.8) is 0 Å². The van der Waals surface area contributed by atoms with E-state index < -0.39 is 0 Å². The van der Waals surface area contributed by atoms with Gasteiger partial charge in [0.2, 0.25) is 5.91 Å². The van der Waals surface area contributed by atoms with E-state index in [9.17, 15) is 4.79 Å². The first-order valence-corrected chi connectivity index (χ1v) is 8.69. The van der Waals surface area contributed by atoms with Crippen molar-refractivity contribution in [1.29, 1.82) is 0 Å². The van der Waals surface area contributed by atoms with Gasteiger partial charge >= 0.3 is 0 Å². The Kier molecular flexibility index (Phi) is 6.46. The standard InChI is InChI=1S/C18H24N2OS/c1-14(2)17(20-16-6-4-3-5-7-16)12-19-18(21)9-8-15-10-11-22-13-15/h3-7,10-11,13-14,17,20H,8-9,12H2,1-2H3,(H,19,21). The lowest BCUT2D eigenvalue weighted by Crippen LogP contribution is -2.39. The van der Waals surface area contributed by atoms with E-state index in [4.69, 9.17) is 0 Å². The zero-order valence-corrected chi connectivity index (χ0v) is 14.0. The fourth-order valence-electron chi connectivity index (χ4n) is 2.21. The van der Waals surface area contributed by atoms with E-state index >= 15 is 0 Å². The highest BCUT2D eigenvalue weighted by molar-refractivity contribution is 7.07. The number of para-hydroxylation sites is 1. The van der Waals surface area contributed by atoms with Crippen LogP contribution in [0.15, 0.2) is 47.2 Å². The van der Waals surface area contributed by atoms with E-state index in [0.717, 1.165) is 12.1 Å². The molecule has 22 heavy (non-hydrogen) atoms. The number of nitrogens with one attached hydrogen (secondary N) is 2. The van der Waals surface area contributed by atoms with E-state index in [-0.39, 0.29) is 11.9 Å². The number of anilines is 1. The molecule has 1 unspecified atom stereocenters. The molecular weight excluding hydrogens is 292 g/mol. The van der Waals surface area contributed by atoms with Gasteiger partial charge in [-0.1, -0.05) is 32.0 Å². The molecule has 1 atom stereocenters. The quantitative estimate of drug-likeness (QED) is 0.774. The van der Waals surface area contributed by atoms with Gasteiger partial charge in [0.1, 0.15) is 0 Å². The number of carbonyl (C=O) groups excluding carboxylic acids is 1. The van der Waals surface area contributed by atoms with E-state index in [2.05, 4.69) is 35.9 Å². The van der Waals surface area contributed by atoms with Crippen LogP contribution in [-0.2, 0) is 11.2 Å². The van der Waals surface area contributed by atoms with Crippen LogP contribution in [0, 0.1) is 5.92 Å². The number of hydrogen-bond acceptors (Lipinski definition) is 3. The minimum absolute atomic E-state index is 0.117. The first-order valence-electron chi connectivity index (χ1n) is 7.74. The zero-order valence-electron chi connectivity index (χ0n) is 13.2. The first-order chi connectivity index (χ1) is 10.6. The lowest BCUT2D eigenvalue weighted by Gasteiger charge is -2.24. The van der Waals surface area contributed by atoms with Gasteiger partial charge in [0.05, 0.1) is 0 Å². The summed E-state index contributed by atoms with van der Waals surface area (Å²) in [5, 5.41) is 10.7. The average Bonchev–Trinajstić information content (AvgIpc) is 3.03. The number of amides is 1. The van der Waals surface area contributed by atoms with Crippen LogP contribution < -0.4 is 10.6 Å². The first kappa shape index (κ1) is 16.6. The summed E-state index contributed by atoms with van der Waals surface area (Å²) in [5.41, 5.74) is 2.33. The summed E-state index contributed by atoms with van der Waals surface area (Å²) in [4.78, 5) is 12.0. The van der Waals surface area contributed by atoms with Crippen molar-refractivity contribution in [3.05, 3.63) is 52.7 Å². The van der Waals surface area contributed by atoms with Gasteiger partial charge in [-0.2, -0.15) is 11.3 Å². The second kappa shape index (κ2) is 8.59. The van der Waals surface area contributed by atoms with Gasteiger partial charge in [0.15, 0.2) is 0 Å². The fraction of sp³-hybridized carbons (Fsp3) is 0.389. The Morgan fingerprint density at radius 1 is 1.18 bits per heavy atom. The maximum Gasteiger partial charge on any atom is 0.220 e. The molecule has 2 aromatic rings. The maximum absolute atomic E-state index is 12.0. The third-order valence-corrected chi connectivity index (χ3v) is 4.40. The molecule has 1 aromatic carbocycles. The van der Waals surface area contributed by atoms with Crippen LogP contribution in [0.4, 0.5) is 5.69 Å². The van der Waals surface area contributed by atoms with Gasteiger partial charge in [-0.25, -0.2) is 0 Å². The van der Waals surface area contributed by atoms with Gasteiger partial charge in [-0.3, -0.25) is 4.79 Å². The summed E-state index contributed by atoms with van der Waals surface area (Å²) < 4.78 is 0. The van der Waals surface area contributed by atoms with Crippen LogP contribution in [0.2, 0.25) is 0 Å². The minimum Gasteiger partial charge on any atom is -0.380 e. The minimum atomic E-state index is 0.117. The molecule has 0 bridgehead atoms. The summed E-state index contributed by atoms with van der Waals surface area (Å²) in [6.45, 7) is 4.98. The van der Waals surface area contributed by atoms with Crippen molar-refractivity contribution < 1.29 is 4.79 Å². The fourth-order valence-corrected chi connectivity index (χ4v) is 2.91. The second-order valence-corrected chi connectivity index (χ2v) is 6.58. The molecule has 0 aliphatic heterocycles. The van der Waals surface area contributed by atoms with E-state index in [1.807, 2.05) is 35.7 Å². The molecule has 2 N–H and O–H groups in total. The van der Waals surface area contributed by atoms with Crippen LogP contribution in [0.25, 0.3) is 0 Å². The van der Waals surface area contributed by atoms with Crippen LogP contribution in [0.3, 0.4) is 0 Å². The number of aryl methyl sites for hydroxylation is 1. The summed E-state index contributed by atoms with van der Waals surface area (Å²) >= 11 is 1.67. The maximum atomic E-state index is 12.0. The van der Waals surface area contributed by atoms with Gasteiger partial charge in [-0.05, 0) is 46.9 Å². The average molecular weight is 316 g/mol. The highest BCUT2D eigenvalue weighted by Gasteiger charge is 2.14. The largest absolute Gasteiger partial charge is 0.380 e. The smallest absolute Gasteiger partial charge is 0.220 e. The molecule has 3 nitrogen and oxygen atoms in total. The molecule has 0 saturated carbocycles. The van der Waals surface area contributed by atoms with E-state index in [0.29, 0.717) is 18.9 Å². The highest BCUT2D eigenvalue weighted by Crippen LogP contribution is 2.12. The Morgan fingerprint density at radius 3 is 2.59 bits per heavy atom. The molecule has 2 rings (SSSR count). The SMILES string of the molecule is CC(C)C(CNC(=O)CCc1ccsc1)Nc1ccccc1. The van der Waals surface area contributed by atoms with E-state index in [1.54, 1.807) is 11.3 Å². The second-order valence-electron chi connectivity index (χ2n) is 5.80. The third-order valence-electron chi connectivity index (χ3n) is 3.67. The zero-order chi connectivity index (χ0) is 15.8. The van der Waals surface area contributed by atoms with Crippen LogP contribution in [0.5, 0.6) is 0 Å². The van der Waals surface area contributed by atoms with Crippen LogP contribution in [-0.4, -0.2) is 18.5 Å². The predicted molar refractivity (Wildman–Crippen MR) is 94.3 cm³/mol. The highest BCUT2D eigenvalue weighted by atomic mass is 32.1. The summed E-state index contributed by atoms with van der Waals surface area (Å²) in [7, 11) is 0. The van der Waals surface area contributed by atoms with Crippen molar-refractivity contribution in [2.45, 2.75) is 32.7 Å². The van der Waals surface area contributed by atoms with Crippen LogP contribution >= 0.6 is 11.3 Å². The number of benzene rings is 1. The summed E-state index contributed by atoms with van der Waals surface area (Å²) in [5.74, 6) is 0.559. The molecule has 118 valence electrons. The molecule has 0 saturated heterocycles. The molecule has 0 spiro atoms. The lowest BCUT2D eigenvalue weighted by molar-refractivity contribution is -0.121. The molecule has 0 fully saturated rings. The van der Waals surface area contributed by atoms with Gasteiger partial charge in [0, 0.05) is 24.7 Å². The number of hydrogen-bond donors (Lipinski definition) is 2. The van der Waals surface area contributed by atoms with Crippen molar-refractivity contribution in [2.75, 3.05) is 11.9 Å². The third kappa shape index (κ3) is 5.53.